The second-order valence-corrected chi connectivity index (χ2v) is 4.90. The minimum atomic E-state index is -0.0301. The molecule has 1 atom stereocenters. The van der Waals surface area contributed by atoms with Crippen molar-refractivity contribution in [3.63, 3.8) is 0 Å². The minimum absolute atomic E-state index is 0.0150. The lowest BCUT2D eigenvalue weighted by atomic mass is 10.2. The van der Waals surface area contributed by atoms with Crippen LogP contribution < -0.4 is 0 Å². The van der Waals surface area contributed by atoms with Crippen LogP contribution in [0.2, 0.25) is 0 Å². The van der Waals surface area contributed by atoms with E-state index in [1.54, 1.807) is 0 Å². The first-order valence-corrected chi connectivity index (χ1v) is 6.18. The van der Waals surface area contributed by atoms with Crippen LogP contribution in [0.4, 0.5) is 0 Å². The van der Waals surface area contributed by atoms with Crippen LogP contribution in [-0.2, 0) is 9.59 Å². The topological polar surface area (TPSA) is 40.6 Å². The van der Waals surface area contributed by atoms with Gasteiger partial charge in [-0.25, -0.2) is 0 Å². The van der Waals surface area contributed by atoms with Crippen molar-refractivity contribution >= 4 is 11.7 Å². The average Bonchev–Trinajstić information content (AvgIpc) is 2.54. The van der Waals surface area contributed by atoms with Gasteiger partial charge in [-0.3, -0.25) is 14.5 Å². The molecule has 2 rings (SSSR count). The number of hydrogen-bond acceptors (Lipinski definition) is 3. The predicted octanol–water partition coefficient (Wildman–Crippen LogP) is 0.662. The summed E-state index contributed by atoms with van der Waals surface area (Å²) in [7, 11) is 0. The number of Topliss-reactive ketones (excluding diaryl/α,β-unsaturated/α-hetero) is 1. The second kappa shape index (κ2) is 4.95. The Morgan fingerprint density at radius 2 is 1.94 bits per heavy atom. The molecule has 2 aliphatic heterocycles. The van der Waals surface area contributed by atoms with Gasteiger partial charge in [0.25, 0.3) is 0 Å². The molecule has 2 heterocycles. The summed E-state index contributed by atoms with van der Waals surface area (Å²) in [4.78, 5) is 27.2. The molecule has 0 spiro atoms. The zero-order chi connectivity index (χ0) is 11.5. The molecular formula is C12H20N2O2. The lowest BCUT2D eigenvalue weighted by Crippen LogP contribution is -2.40. The first-order valence-electron chi connectivity index (χ1n) is 6.18. The molecule has 4 nitrogen and oxygen atoms in total. The normalized spacial score (nSPS) is 26.3. The van der Waals surface area contributed by atoms with Crippen molar-refractivity contribution in [2.24, 2.45) is 0 Å². The fraction of sp³-hybridized carbons (Fsp3) is 0.833. The van der Waals surface area contributed by atoms with Crippen molar-refractivity contribution in [3.8, 4) is 0 Å². The average molecular weight is 224 g/mol. The van der Waals surface area contributed by atoms with E-state index in [2.05, 4.69) is 4.90 Å². The lowest BCUT2D eigenvalue weighted by molar-refractivity contribution is -0.135. The Bertz CT molecular complexity index is 291. The van der Waals surface area contributed by atoms with Gasteiger partial charge in [-0.1, -0.05) is 0 Å². The first kappa shape index (κ1) is 11.6. The lowest BCUT2D eigenvalue weighted by Gasteiger charge is -2.25. The van der Waals surface area contributed by atoms with Crippen LogP contribution >= 0.6 is 0 Å². The van der Waals surface area contributed by atoms with Crippen LogP contribution in [0.1, 0.15) is 32.6 Å². The van der Waals surface area contributed by atoms with Gasteiger partial charge in [0.05, 0.1) is 6.42 Å². The summed E-state index contributed by atoms with van der Waals surface area (Å²) in [6.45, 7) is 5.41. The van der Waals surface area contributed by atoms with Crippen LogP contribution in [0.3, 0.4) is 0 Å². The van der Waals surface area contributed by atoms with Gasteiger partial charge < -0.3 is 4.90 Å². The summed E-state index contributed by atoms with van der Waals surface area (Å²) < 4.78 is 0. The molecule has 0 aromatic rings. The van der Waals surface area contributed by atoms with E-state index in [1.165, 1.54) is 26.3 Å². The zero-order valence-corrected chi connectivity index (χ0v) is 9.95. The quantitative estimate of drug-likeness (QED) is 0.647. The van der Waals surface area contributed by atoms with Gasteiger partial charge in [0.1, 0.15) is 5.78 Å². The summed E-state index contributed by atoms with van der Waals surface area (Å²) in [6, 6.07) is 0.540. The van der Waals surface area contributed by atoms with E-state index in [1.807, 2.05) is 4.90 Å². The Labute approximate surface area is 96.6 Å². The number of carbonyl (C=O) groups excluding carboxylic acids is 2. The summed E-state index contributed by atoms with van der Waals surface area (Å²) in [5, 5.41) is 0. The molecule has 2 aliphatic rings. The molecule has 2 saturated heterocycles. The van der Waals surface area contributed by atoms with E-state index < -0.39 is 0 Å². The van der Waals surface area contributed by atoms with Crippen molar-refractivity contribution in [1.82, 2.24) is 9.80 Å². The molecule has 0 radical (unpaired) electrons. The summed E-state index contributed by atoms with van der Waals surface area (Å²) in [6.07, 6.45) is 3.57. The number of ketones is 1. The van der Waals surface area contributed by atoms with E-state index in [9.17, 15) is 9.59 Å². The fourth-order valence-electron chi connectivity index (χ4n) is 2.76. The van der Waals surface area contributed by atoms with Gasteiger partial charge in [0, 0.05) is 25.7 Å². The third-order valence-corrected chi connectivity index (χ3v) is 3.56. The molecule has 0 aromatic carbocycles. The van der Waals surface area contributed by atoms with Gasteiger partial charge >= 0.3 is 0 Å². The highest BCUT2D eigenvalue weighted by molar-refractivity contribution is 5.96. The van der Waals surface area contributed by atoms with Crippen LogP contribution in [0, 0.1) is 0 Å². The first-order chi connectivity index (χ1) is 7.66. The Balaban J connectivity index is 1.94. The highest BCUT2D eigenvalue weighted by atomic mass is 16.2. The van der Waals surface area contributed by atoms with Gasteiger partial charge in [-0.05, 0) is 32.7 Å². The van der Waals surface area contributed by atoms with Gasteiger partial charge in [-0.2, -0.15) is 0 Å². The van der Waals surface area contributed by atoms with Crippen LogP contribution in [0.15, 0.2) is 0 Å². The highest BCUT2D eigenvalue weighted by Crippen LogP contribution is 2.21. The Kier molecular flexibility index (Phi) is 3.59. The molecule has 16 heavy (non-hydrogen) atoms. The van der Waals surface area contributed by atoms with Gasteiger partial charge in [0.15, 0.2) is 0 Å². The molecule has 0 bridgehead atoms. The van der Waals surface area contributed by atoms with Crippen LogP contribution in [0.25, 0.3) is 0 Å². The SMILES string of the molecule is CC(=O)CC(=O)N1CCCN2CCCC2C1. The highest BCUT2D eigenvalue weighted by Gasteiger charge is 2.30. The smallest absolute Gasteiger partial charge is 0.230 e. The molecule has 0 aromatic heterocycles. The van der Waals surface area contributed by atoms with Crippen LogP contribution in [0.5, 0.6) is 0 Å². The van der Waals surface area contributed by atoms with E-state index in [0.29, 0.717) is 6.04 Å². The Hall–Kier alpha value is -0.900. The molecule has 90 valence electrons. The summed E-state index contributed by atoms with van der Waals surface area (Å²) in [5.74, 6) is -0.0150. The van der Waals surface area contributed by atoms with Crippen molar-refractivity contribution in [3.05, 3.63) is 0 Å². The summed E-state index contributed by atoms with van der Waals surface area (Å²) in [5.41, 5.74) is 0. The maximum absolute atomic E-state index is 11.8. The van der Waals surface area contributed by atoms with Crippen molar-refractivity contribution in [2.45, 2.75) is 38.6 Å². The molecule has 0 N–H and O–H groups in total. The fourth-order valence-corrected chi connectivity index (χ4v) is 2.76. The maximum Gasteiger partial charge on any atom is 0.230 e. The van der Waals surface area contributed by atoms with E-state index >= 15 is 0 Å². The minimum Gasteiger partial charge on any atom is -0.341 e. The number of amides is 1. The molecule has 2 fully saturated rings. The zero-order valence-electron chi connectivity index (χ0n) is 9.95. The molecule has 4 heteroatoms. The third-order valence-electron chi connectivity index (χ3n) is 3.56. The monoisotopic (exact) mass is 224 g/mol. The molecular weight excluding hydrogens is 204 g/mol. The number of rotatable bonds is 2. The predicted molar refractivity (Wildman–Crippen MR) is 61.1 cm³/mol. The van der Waals surface area contributed by atoms with E-state index in [-0.39, 0.29) is 18.1 Å². The second-order valence-electron chi connectivity index (χ2n) is 4.90. The maximum atomic E-state index is 11.8. The number of carbonyl (C=O) groups is 2. The van der Waals surface area contributed by atoms with Crippen molar-refractivity contribution < 1.29 is 9.59 Å². The molecule has 1 unspecified atom stereocenters. The molecule has 0 aliphatic carbocycles. The molecule has 1 amide bonds. The van der Waals surface area contributed by atoms with E-state index in [4.69, 9.17) is 0 Å². The van der Waals surface area contributed by atoms with Gasteiger partial charge in [0.2, 0.25) is 5.91 Å². The Morgan fingerprint density at radius 3 is 2.69 bits per heavy atom. The largest absolute Gasteiger partial charge is 0.341 e. The number of fused-ring (bicyclic) bond motifs is 1. The Morgan fingerprint density at radius 1 is 1.19 bits per heavy atom. The summed E-state index contributed by atoms with van der Waals surface area (Å²) >= 11 is 0. The van der Waals surface area contributed by atoms with Crippen molar-refractivity contribution in [1.29, 1.82) is 0 Å². The van der Waals surface area contributed by atoms with Crippen LogP contribution in [-0.4, -0.2) is 53.7 Å². The van der Waals surface area contributed by atoms with Gasteiger partial charge in [-0.15, -0.1) is 0 Å². The number of nitrogens with zero attached hydrogens (tertiary/aromatic N) is 2. The molecule has 0 saturated carbocycles. The number of hydrogen-bond donors (Lipinski definition) is 0. The standard InChI is InChI=1S/C12H20N2O2/c1-10(15)8-12(16)14-7-3-6-13-5-2-4-11(13)9-14/h11H,2-9H2,1H3. The third kappa shape index (κ3) is 2.61. The van der Waals surface area contributed by atoms with Crippen molar-refractivity contribution in [2.75, 3.05) is 26.2 Å². The van der Waals surface area contributed by atoms with E-state index in [0.717, 1.165) is 26.1 Å².